The predicted molar refractivity (Wildman–Crippen MR) is 117 cm³/mol. The van der Waals surface area contributed by atoms with Gasteiger partial charge in [-0.15, -0.1) is 11.6 Å². The van der Waals surface area contributed by atoms with Crippen molar-refractivity contribution in [1.29, 1.82) is 0 Å². The molecule has 0 bridgehead atoms. The van der Waals surface area contributed by atoms with Crippen LogP contribution in [-0.2, 0) is 9.53 Å². The predicted octanol–water partition coefficient (Wildman–Crippen LogP) is 3.90. The van der Waals surface area contributed by atoms with Gasteiger partial charge in [0.2, 0.25) is 0 Å². The SMILES string of the molecule is C=CCOC(=O)CCCC=CC[C@@H]1[C@@H](C=C[C@@H](O)CCC[C@@H](C)O)[C@H](O)C[C@H]1Cl. The summed E-state index contributed by atoms with van der Waals surface area (Å²) in [6.07, 6.45) is 13.1. The lowest BCUT2D eigenvalue weighted by Gasteiger charge is -2.19. The van der Waals surface area contributed by atoms with Crippen molar-refractivity contribution in [2.75, 3.05) is 6.61 Å². The highest BCUT2D eigenvalue weighted by Crippen LogP contribution is 2.39. The lowest BCUT2D eigenvalue weighted by atomic mass is 9.90. The number of ether oxygens (including phenoxy) is 1. The van der Waals surface area contributed by atoms with E-state index in [1.807, 2.05) is 12.2 Å². The second-order valence-corrected chi connectivity index (χ2v) is 8.42. The molecule has 166 valence electrons. The van der Waals surface area contributed by atoms with Crippen LogP contribution in [0, 0.1) is 11.8 Å². The number of unbranched alkanes of at least 4 members (excludes halogenated alkanes) is 1. The summed E-state index contributed by atoms with van der Waals surface area (Å²) in [5, 5.41) is 29.6. The number of carbonyl (C=O) groups excluding carboxylic acids is 1. The Balaban J connectivity index is 2.40. The largest absolute Gasteiger partial charge is 0.461 e. The van der Waals surface area contributed by atoms with Crippen molar-refractivity contribution in [3.63, 3.8) is 0 Å². The van der Waals surface area contributed by atoms with Crippen LogP contribution in [0.2, 0.25) is 0 Å². The fourth-order valence-electron chi connectivity index (χ4n) is 3.60. The zero-order chi connectivity index (χ0) is 21.6. The first-order chi connectivity index (χ1) is 13.8. The molecule has 0 spiro atoms. The quantitative estimate of drug-likeness (QED) is 0.169. The Morgan fingerprint density at radius 3 is 2.72 bits per heavy atom. The van der Waals surface area contributed by atoms with Crippen LogP contribution in [0.4, 0.5) is 0 Å². The summed E-state index contributed by atoms with van der Waals surface area (Å²) in [5.41, 5.74) is 0. The third kappa shape index (κ3) is 11.0. The van der Waals surface area contributed by atoms with Crippen molar-refractivity contribution < 1.29 is 24.9 Å². The molecule has 0 aromatic carbocycles. The summed E-state index contributed by atoms with van der Waals surface area (Å²) >= 11 is 6.44. The average Bonchev–Trinajstić information content (AvgIpc) is 2.93. The van der Waals surface area contributed by atoms with Crippen molar-refractivity contribution in [3.05, 3.63) is 37.0 Å². The Labute approximate surface area is 180 Å². The van der Waals surface area contributed by atoms with Gasteiger partial charge in [-0.3, -0.25) is 4.79 Å². The van der Waals surface area contributed by atoms with Crippen LogP contribution < -0.4 is 0 Å². The Hall–Kier alpha value is -1.14. The van der Waals surface area contributed by atoms with Crippen LogP contribution in [0.3, 0.4) is 0 Å². The van der Waals surface area contributed by atoms with Crippen LogP contribution in [0.1, 0.15) is 58.3 Å². The van der Waals surface area contributed by atoms with Gasteiger partial charge >= 0.3 is 5.97 Å². The number of esters is 1. The molecule has 29 heavy (non-hydrogen) atoms. The zero-order valence-corrected chi connectivity index (χ0v) is 18.2. The van der Waals surface area contributed by atoms with Crippen molar-refractivity contribution >= 4 is 17.6 Å². The molecule has 0 amide bonds. The molecule has 0 radical (unpaired) electrons. The highest BCUT2D eigenvalue weighted by molar-refractivity contribution is 6.21. The fraction of sp³-hybridized carbons (Fsp3) is 0.696. The zero-order valence-electron chi connectivity index (χ0n) is 17.5. The second kappa shape index (κ2) is 14.8. The molecule has 5 nitrogen and oxygen atoms in total. The van der Waals surface area contributed by atoms with E-state index in [1.165, 1.54) is 0 Å². The maximum absolute atomic E-state index is 11.4. The van der Waals surface area contributed by atoms with Gasteiger partial charge in [0.05, 0.1) is 18.3 Å². The summed E-state index contributed by atoms with van der Waals surface area (Å²) in [6.45, 7) is 5.50. The first-order valence-electron chi connectivity index (χ1n) is 10.6. The molecule has 1 rings (SSSR count). The van der Waals surface area contributed by atoms with E-state index in [0.29, 0.717) is 25.7 Å². The number of halogens is 1. The van der Waals surface area contributed by atoms with E-state index in [0.717, 1.165) is 25.7 Å². The third-order valence-electron chi connectivity index (χ3n) is 5.24. The summed E-state index contributed by atoms with van der Waals surface area (Å²) in [7, 11) is 0. The molecule has 1 fully saturated rings. The molecule has 1 aliphatic carbocycles. The average molecular weight is 429 g/mol. The Kier molecular flexibility index (Phi) is 13.2. The standard InChI is InChI=1S/C23H37ClO5/c1-3-15-29-23(28)12-7-5-4-6-11-19-20(22(27)16-21(19)24)14-13-18(26)10-8-9-17(2)25/h3-4,6,13-14,17-22,25-27H,1,5,7-12,15-16H2,2H3/t17-,18+,19-,20-,21-,22-/m1/s1. The van der Waals surface area contributed by atoms with Gasteiger partial charge in [0.1, 0.15) is 6.61 Å². The van der Waals surface area contributed by atoms with Crippen LogP contribution in [0.15, 0.2) is 37.0 Å². The van der Waals surface area contributed by atoms with E-state index in [-0.39, 0.29) is 35.9 Å². The lowest BCUT2D eigenvalue weighted by molar-refractivity contribution is -0.142. The Morgan fingerprint density at radius 1 is 1.28 bits per heavy atom. The smallest absolute Gasteiger partial charge is 0.306 e. The van der Waals surface area contributed by atoms with Gasteiger partial charge in [-0.25, -0.2) is 0 Å². The van der Waals surface area contributed by atoms with Crippen molar-refractivity contribution in [2.24, 2.45) is 11.8 Å². The normalized spacial score (nSPS) is 26.8. The summed E-state index contributed by atoms with van der Waals surface area (Å²) in [4.78, 5) is 11.4. The van der Waals surface area contributed by atoms with Crippen LogP contribution in [-0.4, -0.2) is 51.6 Å². The molecule has 0 aliphatic heterocycles. The first kappa shape index (κ1) is 25.9. The van der Waals surface area contributed by atoms with E-state index in [9.17, 15) is 20.1 Å². The fourth-order valence-corrected chi connectivity index (χ4v) is 4.05. The van der Waals surface area contributed by atoms with E-state index in [4.69, 9.17) is 16.3 Å². The number of hydrogen-bond acceptors (Lipinski definition) is 5. The Bertz CT molecular complexity index is 531. The van der Waals surface area contributed by atoms with Gasteiger partial charge in [0.25, 0.3) is 0 Å². The third-order valence-corrected chi connectivity index (χ3v) is 5.74. The van der Waals surface area contributed by atoms with Crippen molar-refractivity contribution in [2.45, 2.75) is 82.0 Å². The highest BCUT2D eigenvalue weighted by Gasteiger charge is 2.39. The van der Waals surface area contributed by atoms with Gasteiger partial charge in [-0.2, -0.15) is 0 Å². The van der Waals surface area contributed by atoms with Gasteiger partial charge in [0, 0.05) is 17.7 Å². The van der Waals surface area contributed by atoms with E-state index >= 15 is 0 Å². The second-order valence-electron chi connectivity index (χ2n) is 7.86. The minimum atomic E-state index is -0.577. The monoisotopic (exact) mass is 428 g/mol. The van der Waals surface area contributed by atoms with Crippen LogP contribution in [0.25, 0.3) is 0 Å². The molecular weight excluding hydrogens is 392 g/mol. The summed E-state index contributed by atoms with van der Waals surface area (Å²) < 4.78 is 4.93. The minimum Gasteiger partial charge on any atom is -0.461 e. The highest BCUT2D eigenvalue weighted by atomic mass is 35.5. The molecule has 0 unspecified atom stereocenters. The van der Waals surface area contributed by atoms with Gasteiger partial charge in [0.15, 0.2) is 0 Å². The molecule has 1 saturated carbocycles. The first-order valence-corrected chi connectivity index (χ1v) is 11.1. The number of alkyl halides is 1. The van der Waals surface area contributed by atoms with Gasteiger partial charge in [-0.1, -0.05) is 37.0 Å². The number of carbonyl (C=O) groups is 1. The molecule has 0 aromatic heterocycles. The molecule has 3 N–H and O–H groups in total. The maximum atomic E-state index is 11.4. The lowest BCUT2D eigenvalue weighted by Crippen LogP contribution is -2.19. The molecule has 0 heterocycles. The molecular formula is C23H37ClO5. The van der Waals surface area contributed by atoms with Gasteiger partial charge in [-0.05, 0) is 57.8 Å². The summed E-state index contributed by atoms with van der Waals surface area (Å²) in [5.74, 6) is -0.181. The molecule has 1 aliphatic rings. The molecule has 0 aromatic rings. The summed E-state index contributed by atoms with van der Waals surface area (Å²) in [6, 6.07) is 0. The number of aliphatic hydroxyl groups excluding tert-OH is 3. The van der Waals surface area contributed by atoms with E-state index in [2.05, 4.69) is 12.7 Å². The number of aliphatic hydroxyl groups is 3. The van der Waals surface area contributed by atoms with E-state index < -0.39 is 12.2 Å². The molecule has 6 heteroatoms. The number of rotatable bonds is 14. The van der Waals surface area contributed by atoms with Crippen LogP contribution in [0.5, 0.6) is 0 Å². The maximum Gasteiger partial charge on any atom is 0.306 e. The molecule has 6 atom stereocenters. The van der Waals surface area contributed by atoms with Gasteiger partial charge < -0.3 is 20.1 Å². The minimum absolute atomic E-state index is 0.0811. The number of allylic oxidation sites excluding steroid dienone is 2. The molecule has 0 saturated heterocycles. The van der Waals surface area contributed by atoms with E-state index in [1.54, 1.807) is 19.1 Å². The van der Waals surface area contributed by atoms with Crippen molar-refractivity contribution in [3.8, 4) is 0 Å². The van der Waals surface area contributed by atoms with Crippen molar-refractivity contribution in [1.82, 2.24) is 0 Å². The van der Waals surface area contributed by atoms with Crippen LogP contribution >= 0.6 is 11.6 Å². The Morgan fingerprint density at radius 2 is 2.03 bits per heavy atom. The topological polar surface area (TPSA) is 87.0 Å². The number of hydrogen-bond donors (Lipinski definition) is 3.